The maximum absolute atomic E-state index is 4.48. The van der Waals surface area contributed by atoms with Gasteiger partial charge in [0.1, 0.15) is 11.9 Å². The van der Waals surface area contributed by atoms with Crippen molar-refractivity contribution in [3.63, 3.8) is 0 Å². The molecule has 2 aromatic heterocycles. The first-order valence-corrected chi connectivity index (χ1v) is 7.11. The molecular weight excluding hydrogens is 246 g/mol. The Kier molecular flexibility index (Phi) is 4.83. The van der Waals surface area contributed by atoms with Gasteiger partial charge in [-0.1, -0.05) is 13.8 Å². The predicted octanol–water partition coefficient (Wildman–Crippen LogP) is 2.23. The van der Waals surface area contributed by atoms with E-state index in [1.807, 2.05) is 18.6 Å². The van der Waals surface area contributed by atoms with Crippen LogP contribution in [0, 0.1) is 0 Å². The van der Waals surface area contributed by atoms with Gasteiger partial charge in [0.2, 0.25) is 0 Å². The summed E-state index contributed by atoms with van der Waals surface area (Å²) >= 11 is 1.24. The van der Waals surface area contributed by atoms with Crippen molar-refractivity contribution < 1.29 is 0 Å². The van der Waals surface area contributed by atoms with Crippen LogP contribution in [0.1, 0.15) is 44.2 Å². The van der Waals surface area contributed by atoms with Gasteiger partial charge in [0, 0.05) is 18.9 Å². The van der Waals surface area contributed by atoms with Crippen molar-refractivity contribution in [2.45, 2.75) is 39.3 Å². The summed E-state index contributed by atoms with van der Waals surface area (Å²) in [5.41, 5.74) is 0.956. The molecule has 0 aliphatic carbocycles. The van der Waals surface area contributed by atoms with Crippen LogP contribution in [0.15, 0.2) is 18.6 Å². The average molecular weight is 265 g/mol. The molecule has 0 amide bonds. The molecule has 0 radical (unpaired) electrons. The molecule has 0 bridgehead atoms. The highest BCUT2D eigenvalue weighted by atomic mass is 32.1. The third-order valence-corrected chi connectivity index (χ3v) is 3.24. The fourth-order valence-electron chi connectivity index (χ4n) is 1.93. The monoisotopic (exact) mass is 265 g/mol. The first-order chi connectivity index (χ1) is 8.86. The van der Waals surface area contributed by atoms with Crippen molar-refractivity contribution in [1.82, 2.24) is 23.6 Å². The van der Waals surface area contributed by atoms with E-state index in [-0.39, 0.29) is 6.04 Å². The van der Waals surface area contributed by atoms with Crippen molar-refractivity contribution in [2.24, 2.45) is 0 Å². The number of nitrogens with zero attached hydrogens (tertiary/aromatic N) is 4. The molecule has 1 unspecified atom stereocenters. The molecule has 18 heavy (non-hydrogen) atoms. The lowest BCUT2D eigenvalue weighted by atomic mass is 10.2. The van der Waals surface area contributed by atoms with E-state index in [4.69, 9.17) is 0 Å². The summed E-state index contributed by atoms with van der Waals surface area (Å²) in [5, 5.41) is 3.49. The topological polar surface area (TPSA) is 55.6 Å². The molecule has 0 aromatic carbocycles. The summed E-state index contributed by atoms with van der Waals surface area (Å²) in [6.07, 6.45) is 7.88. The predicted molar refractivity (Wildman–Crippen MR) is 72.6 cm³/mol. The molecule has 6 heteroatoms. The number of hydrogen-bond acceptors (Lipinski definition) is 5. The van der Waals surface area contributed by atoms with Gasteiger partial charge in [0.05, 0.1) is 23.6 Å². The maximum atomic E-state index is 4.48. The molecule has 1 atom stereocenters. The Morgan fingerprint density at radius 3 is 2.94 bits per heavy atom. The van der Waals surface area contributed by atoms with Gasteiger partial charge in [-0.2, -0.15) is 8.75 Å². The Bertz CT molecular complexity index is 451. The summed E-state index contributed by atoms with van der Waals surface area (Å²) in [7, 11) is 0. The number of hydrogen-bond donors (Lipinski definition) is 1. The molecule has 2 heterocycles. The molecule has 2 aromatic rings. The van der Waals surface area contributed by atoms with Gasteiger partial charge < -0.3 is 9.88 Å². The SMILES string of the molecule is CCCNC(c1cnsn1)c1nccn1CCC. The molecule has 0 fully saturated rings. The van der Waals surface area contributed by atoms with Crippen molar-refractivity contribution in [3.8, 4) is 0 Å². The Morgan fingerprint density at radius 1 is 1.39 bits per heavy atom. The van der Waals surface area contributed by atoms with E-state index < -0.39 is 0 Å². The van der Waals surface area contributed by atoms with Crippen LogP contribution in [0.25, 0.3) is 0 Å². The van der Waals surface area contributed by atoms with Gasteiger partial charge in [-0.25, -0.2) is 4.98 Å². The number of nitrogens with one attached hydrogen (secondary N) is 1. The molecule has 5 nitrogen and oxygen atoms in total. The fraction of sp³-hybridized carbons (Fsp3) is 0.583. The minimum Gasteiger partial charge on any atom is -0.333 e. The van der Waals surface area contributed by atoms with Gasteiger partial charge >= 0.3 is 0 Å². The van der Waals surface area contributed by atoms with Crippen LogP contribution in [0.2, 0.25) is 0 Å². The highest BCUT2D eigenvalue weighted by Crippen LogP contribution is 2.19. The van der Waals surface area contributed by atoms with Gasteiger partial charge in [-0.3, -0.25) is 0 Å². The second-order valence-corrected chi connectivity index (χ2v) is 4.75. The van der Waals surface area contributed by atoms with Crippen molar-refractivity contribution in [2.75, 3.05) is 6.54 Å². The van der Waals surface area contributed by atoms with Crippen LogP contribution in [0.5, 0.6) is 0 Å². The lowest BCUT2D eigenvalue weighted by Crippen LogP contribution is -2.26. The zero-order chi connectivity index (χ0) is 12.8. The molecule has 2 rings (SSSR count). The summed E-state index contributed by atoms with van der Waals surface area (Å²) in [5.74, 6) is 1.03. The summed E-state index contributed by atoms with van der Waals surface area (Å²) in [6.45, 7) is 6.25. The molecule has 0 aliphatic heterocycles. The molecule has 0 saturated carbocycles. The van der Waals surface area contributed by atoms with Gasteiger partial charge in [-0.15, -0.1) is 0 Å². The van der Waals surface area contributed by atoms with E-state index in [1.165, 1.54) is 11.7 Å². The second-order valence-electron chi connectivity index (χ2n) is 4.20. The van der Waals surface area contributed by atoms with Gasteiger partial charge in [0.15, 0.2) is 0 Å². The zero-order valence-electron chi connectivity index (χ0n) is 10.8. The lowest BCUT2D eigenvalue weighted by Gasteiger charge is -2.17. The Morgan fingerprint density at radius 2 is 2.28 bits per heavy atom. The van der Waals surface area contributed by atoms with Crippen LogP contribution >= 0.6 is 11.7 Å². The summed E-state index contributed by atoms with van der Waals surface area (Å²) in [4.78, 5) is 4.48. The first kappa shape index (κ1) is 13.2. The van der Waals surface area contributed by atoms with Crippen LogP contribution in [-0.2, 0) is 6.54 Å². The van der Waals surface area contributed by atoms with Gasteiger partial charge in [-0.05, 0) is 19.4 Å². The molecule has 0 spiro atoms. The van der Waals surface area contributed by atoms with E-state index in [1.54, 1.807) is 0 Å². The van der Waals surface area contributed by atoms with Crippen LogP contribution in [0.4, 0.5) is 0 Å². The van der Waals surface area contributed by atoms with Crippen LogP contribution in [-0.4, -0.2) is 24.8 Å². The second kappa shape index (κ2) is 6.61. The van der Waals surface area contributed by atoms with Crippen LogP contribution in [0.3, 0.4) is 0 Å². The molecule has 0 saturated heterocycles. The van der Waals surface area contributed by atoms with Crippen molar-refractivity contribution >= 4 is 11.7 Å². The van der Waals surface area contributed by atoms with E-state index in [0.29, 0.717) is 0 Å². The highest BCUT2D eigenvalue weighted by molar-refractivity contribution is 6.99. The Labute approximate surface area is 112 Å². The van der Waals surface area contributed by atoms with Crippen LogP contribution < -0.4 is 5.32 Å². The van der Waals surface area contributed by atoms with Crippen molar-refractivity contribution in [1.29, 1.82) is 0 Å². The third-order valence-electron chi connectivity index (χ3n) is 2.74. The zero-order valence-corrected chi connectivity index (χ0v) is 11.7. The molecule has 98 valence electrons. The van der Waals surface area contributed by atoms with Gasteiger partial charge in [0.25, 0.3) is 0 Å². The van der Waals surface area contributed by atoms with E-state index in [9.17, 15) is 0 Å². The summed E-state index contributed by atoms with van der Waals surface area (Å²) in [6, 6.07) is 0.0465. The number of rotatable bonds is 7. The third kappa shape index (κ3) is 2.94. The number of aryl methyl sites for hydroxylation is 1. The smallest absolute Gasteiger partial charge is 0.132 e. The molecule has 1 N–H and O–H groups in total. The summed E-state index contributed by atoms with van der Waals surface area (Å²) < 4.78 is 10.6. The number of imidazole rings is 1. The minimum atomic E-state index is 0.0465. The highest BCUT2D eigenvalue weighted by Gasteiger charge is 2.20. The minimum absolute atomic E-state index is 0.0465. The lowest BCUT2D eigenvalue weighted by molar-refractivity contribution is 0.524. The fourth-order valence-corrected chi connectivity index (χ4v) is 2.38. The maximum Gasteiger partial charge on any atom is 0.132 e. The largest absolute Gasteiger partial charge is 0.333 e. The van der Waals surface area contributed by atoms with E-state index in [0.717, 1.165) is 37.4 Å². The standard InChI is InChI=1S/C12H19N5S/c1-3-5-13-11(10-9-15-18-16-10)12-14-6-8-17(12)7-4-2/h6,8-9,11,13H,3-5,7H2,1-2H3. The quantitative estimate of drug-likeness (QED) is 0.834. The Hall–Kier alpha value is -1.27. The van der Waals surface area contributed by atoms with Crippen molar-refractivity contribution in [3.05, 3.63) is 30.1 Å². The first-order valence-electron chi connectivity index (χ1n) is 6.38. The Balaban J connectivity index is 2.24. The average Bonchev–Trinajstić information content (AvgIpc) is 3.02. The van der Waals surface area contributed by atoms with E-state index in [2.05, 4.69) is 37.5 Å². The molecule has 0 aliphatic rings. The molecular formula is C12H19N5S. The number of aromatic nitrogens is 4. The van der Waals surface area contributed by atoms with E-state index >= 15 is 0 Å². The normalized spacial score (nSPS) is 12.8.